The zero-order chi connectivity index (χ0) is 15.2. The number of rotatable bonds is 5. The summed E-state index contributed by atoms with van der Waals surface area (Å²) >= 11 is 1.58. The van der Waals surface area contributed by atoms with E-state index in [1.807, 2.05) is 44.4 Å². The highest BCUT2D eigenvalue weighted by Crippen LogP contribution is 2.16. The average molecular weight is 302 g/mol. The van der Waals surface area contributed by atoms with E-state index in [0.717, 1.165) is 21.6 Å². The SMILES string of the molecule is Cc1cc(C)cc(OCC(=O)NN=Cc2sccc2C)c1. The first-order chi connectivity index (χ1) is 10.0. The van der Waals surface area contributed by atoms with Crippen molar-refractivity contribution in [2.24, 2.45) is 5.10 Å². The zero-order valence-corrected chi connectivity index (χ0v) is 13.2. The van der Waals surface area contributed by atoms with Gasteiger partial charge in [0.2, 0.25) is 0 Å². The van der Waals surface area contributed by atoms with Gasteiger partial charge in [0.1, 0.15) is 5.75 Å². The number of hydrazone groups is 1. The van der Waals surface area contributed by atoms with Gasteiger partial charge in [0.15, 0.2) is 6.61 Å². The molecule has 4 nitrogen and oxygen atoms in total. The summed E-state index contributed by atoms with van der Waals surface area (Å²) in [5.74, 6) is 0.417. The van der Waals surface area contributed by atoms with Crippen LogP contribution in [0.15, 0.2) is 34.7 Å². The molecule has 2 aromatic rings. The molecule has 1 N–H and O–H groups in total. The number of aryl methyl sites for hydroxylation is 3. The number of carbonyl (C=O) groups is 1. The Kier molecular flexibility index (Phi) is 5.11. The standard InChI is InChI=1S/C16H18N2O2S/c1-11-6-12(2)8-14(7-11)20-10-16(19)18-17-9-15-13(3)4-5-21-15/h4-9H,10H2,1-3H3,(H,18,19). The predicted molar refractivity (Wildman–Crippen MR) is 86.2 cm³/mol. The Morgan fingerprint density at radius 1 is 1.29 bits per heavy atom. The molecular formula is C16H18N2O2S. The van der Waals surface area contributed by atoms with Crippen LogP contribution in [-0.2, 0) is 4.79 Å². The van der Waals surface area contributed by atoms with E-state index < -0.39 is 0 Å². The Balaban J connectivity index is 1.82. The van der Waals surface area contributed by atoms with Crippen molar-refractivity contribution < 1.29 is 9.53 Å². The molecule has 0 unspecified atom stereocenters. The first-order valence-corrected chi connectivity index (χ1v) is 7.49. The van der Waals surface area contributed by atoms with E-state index in [4.69, 9.17) is 4.74 Å². The molecule has 0 bridgehead atoms. The maximum atomic E-state index is 11.7. The maximum absolute atomic E-state index is 11.7. The van der Waals surface area contributed by atoms with Gasteiger partial charge in [-0.1, -0.05) is 6.07 Å². The van der Waals surface area contributed by atoms with Crippen molar-refractivity contribution in [2.75, 3.05) is 6.61 Å². The molecule has 1 amide bonds. The Hall–Kier alpha value is -2.14. The molecule has 1 aromatic heterocycles. The number of benzene rings is 1. The molecule has 110 valence electrons. The lowest BCUT2D eigenvalue weighted by Gasteiger charge is -2.07. The van der Waals surface area contributed by atoms with Gasteiger partial charge >= 0.3 is 0 Å². The molecular weight excluding hydrogens is 284 g/mol. The third kappa shape index (κ3) is 4.72. The van der Waals surface area contributed by atoms with Crippen molar-refractivity contribution in [1.29, 1.82) is 0 Å². The summed E-state index contributed by atoms with van der Waals surface area (Å²) in [6.07, 6.45) is 1.65. The molecule has 0 radical (unpaired) electrons. The van der Waals surface area contributed by atoms with E-state index in [-0.39, 0.29) is 12.5 Å². The van der Waals surface area contributed by atoms with Crippen molar-refractivity contribution in [3.05, 3.63) is 51.2 Å². The first kappa shape index (κ1) is 15.3. The number of ether oxygens (including phenoxy) is 1. The number of nitrogens with one attached hydrogen (secondary N) is 1. The van der Waals surface area contributed by atoms with Gasteiger partial charge in [-0.05, 0) is 61.0 Å². The van der Waals surface area contributed by atoms with E-state index in [1.54, 1.807) is 17.6 Å². The third-order valence-electron chi connectivity index (χ3n) is 2.84. The molecule has 21 heavy (non-hydrogen) atoms. The molecule has 0 fully saturated rings. The fraction of sp³-hybridized carbons (Fsp3) is 0.250. The van der Waals surface area contributed by atoms with Crippen LogP contribution >= 0.6 is 11.3 Å². The van der Waals surface area contributed by atoms with E-state index in [1.165, 1.54) is 0 Å². The number of carbonyl (C=O) groups excluding carboxylic acids is 1. The third-order valence-corrected chi connectivity index (χ3v) is 3.79. The van der Waals surface area contributed by atoms with E-state index in [9.17, 15) is 4.79 Å². The molecule has 0 aliphatic rings. The minimum atomic E-state index is -0.278. The van der Waals surface area contributed by atoms with Crippen molar-refractivity contribution >= 4 is 23.5 Å². The Bertz CT molecular complexity index is 642. The van der Waals surface area contributed by atoms with Crippen molar-refractivity contribution in [3.8, 4) is 5.75 Å². The summed E-state index contributed by atoms with van der Waals surface area (Å²) in [6.45, 7) is 5.94. The minimum Gasteiger partial charge on any atom is -0.484 e. The van der Waals surface area contributed by atoms with Crippen LogP contribution in [0.1, 0.15) is 21.6 Å². The first-order valence-electron chi connectivity index (χ1n) is 6.61. The molecule has 1 aromatic carbocycles. The fourth-order valence-corrected chi connectivity index (χ4v) is 2.66. The van der Waals surface area contributed by atoms with Crippen LogP contribution in [0.25, 0.3) is 0 Å². The molecule has 0 saturated heterocycles. The zero-order valence-electron chi connectivity index (χ0n) is 12.3. The number of amides is 1. The van der Waals surface area contributed by atoms with Crippen LogP contribution in [-0.4, -0.2) is 18.7 Å². The summed E-state index contributed by atoms with van der Waals surface area (Å²) in [6, 6.07) is 7.87. The smallest absolute Gasteiger partial charge is 0.277 e. The van der Waals surface area contributed by atoms with Crippen LogP contribution in [0.4, 0.5) is 0 Å². The molecule has 0 aliphatic carbocycles. The van der Waals surface area contributed by atoms with E-state index in [0.29, 0.717) is 5.75 Å². The van der Waals surface area contributed by atoms with Gasteiger partial charge in [-0.15, -0.1) is 11.3 Å². The quantitative estimate of drug-likeness (QED) is 0.681. The van der Waals surface area contributed by atoms with Crippen molar-refractivity contribution in [3.63, 3.8) is 0 Å². The van der Waals surface area contributed by atoms with Gasteiger partial charge in [0, 0.05) is 4.88 Å². The lowest BCUT2D eigenvalue weighted by atomic mass is 10.1. The Labute approximate surface area is 128 Å². The van der Waals surface area contributed by atoms with Gasteiger partial charge in [-0.3, -0.25) is 4.79 Å². The van der Waals surface area contributed by atoms with E-state index in [2.05, 4.69) is 16.6 Å². The van der Waals surface area contributed by atoms with Gasteiger partial charge < -0.3 is 4.74 Å². The number of hydrogen-bond donors (Lipinski definition) is 1. The van der Waals surface area contributed by atoms with Crippen LogP contribution < -0.4 is 10.2 Å². The summed E-state index contributed by atoms with van der Waals surface area (Å²) < 4.78 is 5.46. The second-order valence-electron chi connectivity index (χ2n) is 4.87. The normalized spacial score (nSPS) is 10.8. The molecule has 0 spiro atoms. The van der Waals surface area contributed by atoms with Crippen molar-refractivity contribution in [2.45, 2.75) is 20.8 Å². The maximum Gasteiger partial charge on any atom is 0.277 e. The molecule has 0 atom stereocenters. The topological polar surface area (TPSA) is 50.7 Å². The Morgan fingerprint density at radius 2 is 2.00 bits per heavy atom. The summed E-state index contributed by atoms with van der Waals surface area (Å²) in [4.78, 5) is 12.7. The summed E-state index contributed by atoms with van der Waals surface area (Å²) in [7, 11) is 0. The number of thiophene rings is 1. The summed E-state index contributed by atoms with van der Waals surface area (Å²) in [5.41, 5.74) is 5.82. The monoisotopic (exact) mass is 302 g/mol. The molecule has 2 rings (SSSR count). The van der Waals surface area contributed by atoms with Crippen LogP contribution in [0, 0.1) is 20.8 Å². The molecule has 0 aliphatic heterocycles. The molecule has 0 saturated carbocycles. The fourth-order valence-electron chi connectivity index (χ4n) is 1.88. The number of nitrogens with zero attached hydrogens (tertiary/aromatic N) is 1. The van der Waals surface area contributed by atoms with Crippen LogP contribution in [0.3, 0.4) is 0 Å². The molecule has 1 heterocycles. The highest BCUT2D eigenvalue weighted by Gasteiger charge is 2.03. The second-order valence-corrected chi connectivity index (χ2v) is 5.82. The highest BCUT2D eigenvalue weighted by atomic mass is 32.1. The lowest BCUT2D eigenvalue weighted by Crippen LogP contribution is -2.24. The number of hydrogen-bond acceptors (Lipinski definition) is 4. The summed E-state index contributed by atoms with van der Waals surface area (Å²) in [5, 5.41) is 5.92. The van der Waals surface area contributed by atoms with Gasteiger partial charge in [-0.25, -0.2) is 5.43 Å². The van der Waals surface area contributed by atoms with Crippen LogP contribution in [0.2, 0.25) is 0 Å². The minimum absolute atomic E-state index is 0.0519. The van der Waals surface area contributed by atoms with Crippen LogP contribution in [0.5, 0.6) is 5.75 Å². The largest absolute Gasteiger partial charge is 0.484 e. The highest BCUT2D eigenvalue weighted by molar-refractivity contribution is 7.11. The molecule has 5 heteroatoms. The lowest BCUT2D eigenvalue weighted by molar-refractivity contribution is -0.123. The van der Waals surface area contributed by atoms with Gasteiger partial charge in [-0.2, -0.15) is 5.10 Å². The average Bonchev–Trinajstić information content (AvgIpc) is 2.81. The van der Waals surface area contributed by atoms with Crippen molar-refractivity contribution in [1.82, 2.24) is 5.43 Å². The van der Waals surface area contributed by atoms with Gasteiger partial charge in [0.05, 0.1) is 6.21 Å². The Morgan fingerprint density at radius 3 is 2.62 bits per heavy atom. The van der Waals surface area contributed by atoms with E-state index >= 15 is 0 Å². The predicted octanol–water partition coefficient (Wildman–Crippen LogP) is 3.20. The second kappa shape index (κ2) is 7.04. The van der Waals surface area contributed by atoms with Gasteiger partial charge in [0.25, 0.3) is 5.91 Å².